The molecule has 5 nitrogen and oxygen atoms in total. The molecule has 0 bridgehead atoms. The lowest BCUT2D eigenvalue weighted by Gasteiger charge is -2.18. The second-order valence-electron chi connectivity index (χ2n) is 8.96. The fourth-order valence-electron chi connectivity index (χ4n) is 4.58. The van der Waals surface area contributed by atoms with Crippen molar-refractivity contribution in [3.8, 4) is 0 Å². The predicted octanol–water partition coefficient (Wildman–Crippen LogP) is 5.51. The highest BCUT2D eigenvalue weighted by atomic mass is 16.4. The number of hydrogen-bond donors (Lipinski definition) is 1. The van der Waals surface area contributed by atoms with Crippen LogP contribution in [0.15, 0.2) is 63.5 Å². The molecule has 1 aliphatic carbocycles. The summed E-state index contributed by atoms with van der Waals surface area (Å²) in [4.78, 5) is 26.7. The van der Waals surface area contributed by atoms with E-state index in [1.807, 2.05) is 6.07 Å². The standard InChI is InChI=1S/C29H31NO4/c1-4-30(5-2)16-15-22-28(33)25-17-20(7-6-8-27(31)32)11-14-26(25)34-29(22)24-18-23(24)21-12-9-19(3)10-13-21/h7-14,17,23-24H,4-5,15-16,18H2,1-3H3,(H,31,32). The SMILES string of the molecule is CCN(CC)CCc1c(C2CC2c2ccc(C)cc2)oc2ccc(C=C=CC(=O)O)cc2c1=O. The molecule has 1 heterocycles. The molecule has 1 fully saturated rings. The van der Waals surface area contributed by atoms with E-state index in [1.165, 1.54) is 11.1 Å². The molecule has 34 heavy (non-hydrogen) atoms. The van der Waals surface area contributed by atoms with Gasteiger partial charge in [-0.3, -0.25) is 4.79 Å². The maximum Gasteiger partial charge on any atom is 0.336 e. The lowest BCUT2D eigenvalue weighted by Crippen LogP contribution is -2.27. The van der Waals surface area contributed by atoms with Gasteiger partial charge in [-0.05, 0) is 68.1 Å². The highest BCUT2D eigenvalue weighted by Gasteiger charge is 2.43. The fourth-order valence-corrected chi connectivity index (χ4v) is 4.58. The van der Waals surface area contributed by atoms with Crippen LogP contribution in [0.25, 0.3) is 17.0 Å². The summed E-state index contributed by atoms with van der Waals surface area (Å²) in [6, 6.07) is 14.0. The maximum atomic E-state index is 13.7. The first-order valence-corrected chi connectivity index (χ1v) is 11.9. The second kappa shape index (κ2) is 10.3. The van der Waals surface area contributed by atoms with E-state index in [-0.39, 0.29) is 11.3 Å². The predicted molar refractivity (Wildman–Crippen MR) is 135 cm³/mol. The molecule has 2 unspecified atom stereocenters. The van der Waals surface area contributed by atoms with E-state index in [4.69, 9.17) is 9.52 Å². The number of aliphatic carboxylic acids is 1. The Morgan fingerprint density at radius 3 is 2.56 bits per heavy atom. The molecule has 5 heteroatoms. The Hall–Kier alpha value is -3.40. The highest BCUT2D eigenvalue weighted by molar-refractivity contribution is 5.82. The van der Waals surface area contributed by atoms with Crippen molar-refractivity contribution in [3.05, 3.63) is 92.5 Å². The largest absolute Gasteiger partial charge is 0.478 e. The number of carboxylic acids is 1. The quantitative estimate of drug-likeness (QED) is 0.339. The van der Waals surface area contributed by atoms with Gasteiger partial charge in [0.2, 0.25) is 0 Å². The van der Waals surface area contributed by atoms with Crippen LogP contribution in [-0.2, 0) is 11.2 Å². The average molecular weight is 458 g/mol. The summed E-state index contributed by atoms with van der Waals surface area (Å²) in [6.45, 7) is 9.02. The summed E-state index contributed by atoms with van der Waals surface area (Å²) in [5.74, 6) is 0.345. The molecule has 2 aromatic carbocycles. The van der Waals surface area contributed by atoms with Crippen LogP contribution in [0.3, 0.4) is 0 Å². The zero-order chi connectivity index (χ0) is 24.2. The van der Waals surface area contributed by atoms with Gasteiger partial charge < -0.3 is 14.4 Å². The normalized spacial score (nSPS) is 16.9. The summed E-state index contributed by atoms with van der Waals surface area (Å²) in [5, 5.41) is 9.31. The van der Waals surface area contributed by atoms with Crippen molar-refractivity contribution in [2.75, 3.05) is 19.6 Å². The zero-order valence-electron chi connectivity index (χ0n) is 20.0. The lowest BCUT2D eigenvalue weighted by molar-refractivity contribution is -0.131. The van der Waals surface area contributed by atoms with E-state index in [2.05, 4.69) is 55.7 Å². The Kier molecular flexibility index (Phi) is 7.16. The van der Waals surface area contributed by atoms with Crippen molar-refractivity contribution in [1.82, 2.24) is 4.90 Å². The molecule has 1 N–H and O–H groups in total. The van der Waals surface area contributed by atoms with Crippen LogP contribution in [-0.4, -0.2) is 35.6 Å². The van der Waals surface area contributed by atoms with Gasteiger partial charge in [-0.25, -0.2) is 4.79 Å². The number of carboxylic acid groups (broad SMARTS) is 1. The number of nitrogens with zero attached hydrogens (tertiary/aromatic N) is 1. The van der Waals surface area contributed by atoms with Gasteiger partial charge >= 0.3 is 5.97 Å². The molecule has 2 atom stereocenters. The monoisotopic (exact) mass is 457 g/mol. The van der Waals surface area contributed by atoms with Gasteiger partial charge in [0.25, 0.3) is 0 Å². The van der Waals surface area contributed by atoms with Crippen LogP contribution in [0.2, 0.25) is 0 Å². The molecule has 1 aromatic heterocycles. The summed E-state index contributed by atoms with van der Waals surface area (Å²) < 4.78 is 6.42. The summed E-state index contributed by atoms with van der Waals surface area (Å²) >= 11 is 0. The molecule has 0 amide bonds. The third-order valence-electron chi connectivity index (χ3n) is 6.70. The topological polar surface area (TPSA) is 70.8 Å². The number of benzene rings is 2. The molecule has 0 radical (unpaired) electrons. The Labute approximate surface area is 200 Å². The first kappa shape index (κ1) is 23.7. The molecule has 0 saturated heterocycles. The first-order chi connectivity index (χ1) is 16.4. The van der Waals surface area contributed by atoms with Gasteiger partial charge in [-0.15, -0.1) is 5.73 Å². The highest BCUT2D eigenvalue weighted by Crippen LogP contribution is 2.55. The Morgan fingerprint density at radius 1 is 1.15 bits per heavy atom. The van der Waals surface area contributed by atoms with Crippen molar-refractivity contribution in [2.24, 2.45) is 0 Å². The Morgan fingerprint density at radius 2 is 1.88 bits per heavy atom. The fraction of sp³-hybridized carbons (Fsp3) is 0.345. The van der Waals surface area contributed by atoms with Gasteiger partial charge in [0.1, 0.15) is 11.3 Å². The van der Waals surface area contributed by atoms with Crippen molar-refractivity contribution in [2.45, 2.75) is 45.4 Å². The average Bonchev–Trinajstić information content (AvgIpc) is 3.62. The van der Waals surface area contributed by atoms with Crippen molar-refractivity contribution >= 4 is 23.0 Å². The Bertz CT molecular complexity index is 1310. The van der Waals surface area contributed by atoms with Gasteiger partial charge in [0, 0.05) is 18.0 Å². The second-order valence-corrected chi connectivity index (χ2v) is 8.96. The number of rotatable bonds is 9. The summed E-state index contributed by atoms with van der Waals surface area (Å²) in [5.41, 5.74) is 7.22. The maximum absolute atomic E-state index is 13.7. The van der Waals surface area contributed by atoms with E-state index in [9.17, 15) is 9.59 Å². The van der Waals surface area contributed by atoms with E-state index in [0.717, 1.165) is 43.5 Å². The molecule has 1 saturated carbocycles. The van der Waals surface area contributed by atoms with E-state index in [0.29, 0.717) is 28.9 Å². The van der Waals surface area contributed by atoms with Gasteiger partial charge in [0.05, 0.1) is 11.5 Å². The Balaban J connectivity index is 1.74. The minimum absolute atomic E-state index is 0.00965. The summed E-state index contributed by atoms with van der Waals surface area (Å²) in [6.07, 6.45) is 4.14. The number of carbonyl (C=O) groups is 1. The van der Waals surface area contributed by atoms with Gasteiger partial charge in [0.15, 0.2) is 5.43 Å². The van der Waals surface area contributed by atoms with Gasteiger partial charge in [-0.2, -0.15) is 0 Å². The van der Waals surface area contributed by atoms with E-state index in [1.54, 1.807) is 18.2 Å². The first-order valence-electron chi connectivity index (χ1n) is 11.9. The summed E-state index contributed by atoms with van der Waals surface area (Å²) in [7, 11) is 0. The van der Waals surface area contributed by atoms with Crippen LogP contribution in [0, 0.1) is 6.92 Å². The zero-order valence-corrected chi connectivity index (χ0v) is 20.0. The van der Waals surface area contributed by atoms with Crippen LogP contribution in [0.1, 0.15) is 60.1 Å². The van der Waals surface area contributed by atoms with E-state index < -0.39 is 5.97 Å². The third-order valence-corrected chi connectivity index (χ3v) is 6.70. The number of aryl methyl sites for hydroxylation is 1. The van der Waals surface area contributed by atoms with Crippen LogP contribution >= 0.6 is 0 Å². The molecule has 3 aromatic rings. The minimum atomic E-state index is -1.06. The molecular formula is C29H31NO4. The molecule has 1 aliphatic rings. The number of hydrogen-bond acceptors (Lipinski definition) is 4. The lowest BCUT2D eigenvalue weighted by atomic mass is 10.0. The third kappa shape index (κ3) is 5.22. The van der Waals surface area contributed by atoms with Crippen molar-refractivity contribution in [1.29, 1.82) is 0 Å². The molecule has 176 valence electrons. The minimum Gasteiger partial charge on any atom is -0.478 e. The molecular weight excluding hydrogens is 426 g/mol. The molecule has 4 rings (SSSR count). The van der Waals surface area contributed by atoms with Gasteiger partial charge in [-0.1, -0.05) is 49.7 Å². The van der Waals surface area contributed by atoms with Crippen LogP contribution < -0.4 is 5.43 Å². The van der Waals surface area contributed by atoms with Crippen molar-refractivity contribution < 1.29 is 14.3 Å². The van der Waals surface area contributed by atoms with E-state index >= 15 is 0 Å². The number of fused-ring (bicyclic) bond motifs is 1. The number of likely N-dealkylation sites (N-methyl/N-ethyl adjacent to an activating group) is 1. The smallest absolute Gasteiger partial charge is 0.336 e. The molecule has 0 aliphatic heterocycles. The van der Waals surface area contributed by atoms with Crippen molar-refractivity contribution in [3.63, 3.8) is 0 Å². The van der Waals surface area contributed by atoms with Crippen LogP contribution in [0.4, 0.5) is 0 Å². The van der Waals surface area contributed by atoms with Crippen LogP contribution in [0.5, 0.6) is 0 Å². The molecule has 0 spiro atoms.